The zero-order valence-electron chi connectivity index (χ0n) is 12.9. The summed E-state index contributed by atoms with van der Waals surface area (Å²) in [5, 5.41) is 9.55. The van der Waals surface area contributed by atoms with E-state index in [0.29, 0.717) is 0 Å². The van der Waals surface area contributed by atoms with Crippen LogP contribution >= 0.6 is 0 Å². The fraction of sp³-hybridized carbons (Fsp3) is 0.588. The number of carboxylic acid groups (broad SMARTS) is 1. The minimum absolute atomic E-state index is 0.162. The van der Waals surface area contributed by atoms with Gasteiger partial charge in [-0.1, -0.05) is 31.9 Å². The van der Waals surface area contributed by atoms with Gasteiger partial charge in [0, 0.05) is 6.04 Å². The zero-order chi connectivity index (χ0) is 15.2. The van der Waals surface area contributed by atoms with Gasteiger partial charge in [-0.3, -0.25) is 9.69 Å². The van der Waals surface area contributed by atoms with Crippen molar-refractivity contribution in [2.24, 2.45) is 0 Å². The third kappa shape index (κ3) is 3.76. The highest BCUT2D eigenvalue weighted by molar-refractivity contribution is 5.73. The van der Waals surface area contributed by atoms with E-state index in [4.69, 9.17) is 4.74 Å². The molecule has 2 unspecified atom stereocenters. The predicted molar refractivity (Wildman–Crippen MR) is 82.6 cm³/mol. The first-order chi connectivity index (χ1) is 10.2. The van der Waals surface area contributed by atoms with Gasteiger partial charge in [-0.05, 0) is 43.5 Å². The molecule has 1 N–H and O–H groups in total. The average molecular weight is 291 g/mol. The molecule has 0 aromatic heterocycles. The Morgan fingerprint density at radius 1 is 1.33 bits per heavy atom. The molecule has 1 fully saturated rings. The molecule has 0 saturated carbocycles. The summed E-state index contributed by atoms with van der Waals surface area (Å²) in [6.45, 7) is 2.99. The summed E-state index contributed by atoms with van der Waals surface area (Å²) in [6, 6.07) is 7.81. The summed E-state index contributed by atoms with van der Waals surface area (Å²) < 4.78 is 5.20. The van der Waals surface area contributed by atoms with Gasteiger partial charge in [-0.15, -0.1) is 0 Å². The smallest absolute Gasteiger partial charge is 0.320 e. The number of rotatable bonds is 5. The largest absolute Gasteiger partial charge is 0.497 e. The summed E-state index contributed by atoms with van der Waals surface area (Å²) in [5.41, 5.74) is 1.17. The van der Waals surface area contributed by atoms with Crippen molar-refractivity contribution in [1.82, 2.24) is 4.90 Å². The van der Waals surface area contributed by atoms with Crippen LogP contribution in [0.25, 0.3) is 0 Å². The lowest BCUT2D eigenvalue weighted by atomic mass is 9.99. The molecule has 1 aliphatic heterocycles. The third-order valence-electron chi connectivity index (χ3n) is 4.37. The molecule has 1 saturated heterocycles. The van der Waals surface area contributed by atoms with Crippen molar-refractivity contribution in [3.05, 3.63) is 29.8 Å². The highest BCUT2D eigenvalue weighted by Crippen LogP contribution is 2.31. The van der Waals surface area contributed by atoms with E-state index in [2.05, 4.69) is 24.0 Å². The Morgan fingerprint density at radius 3 is 2.62 bits per heavy atom. The van der Waals surface area contributed by atoms with Crippen LogP contribution < -0.4 is 4.74 Å². The number of carbonyl (C=O) groups is 1. The lowest BCUT2D eigenvalue weighted by molar-refractivity contribution is -0.144. The van der Waals surface area contributed by atoms with Gasteiger partial charge in [0.05, 0.1) is 7.11 Å². The summed E-state index contributed by atoms with van der Waals surface area (Å²) in [6.07, 6.45) is 4.88. The molecule has 1 aliphatic rings. The summed E-state index contributed by atoms with van der Waals surface area (Å²) in [4.78, 5) is 13.8. The molecule has 116 valence electrons. The molecule has 2 atom stereocenters. The van der Waals surface area contributed by atoms with Crippen molar-refractivity contribution < 1.29 is 14.6 Å². The molecule has 21 heavy (non-hydrogen) atoms. The van der Waals surface area contributed by atoms with Gasteiger partial charge in [0.25, 0.3) is 0 Å². The van der Waals surface area contributed by atoms with E-state index in [-0.39, 0.29) is 12.1 Å². The first kappa shape index (κ1) is 15.8. The Labute approximate surface area is 126 Å². The zero-order valence-corrected chi connectivity index (χ0v) is 12.9. The quantitative estimate of drug-likeness (QED) is 0.902. The Bertz CT molecular complexity index is 458. The van der Waals surface area contributed by atoms with Crippen molar-refractivity contribution >= 4 is 5.97 Å². The number of benzene rings is 1. The highest BCUT2D eigenvalue weighted by Gasteiger charge is 2.32. The molecular formula is C17H25NO3. The van der Waals surface area contributed by atoms with Crippen LogP contribution in [-0.2, 0) is 4.79 Å². The maximum atomic E-state index is 11.6. The van der Waals surface area contributed by atoms with Crippen molar-refractivity contribution in [1.29, 1.82) is 0 Å². The minimum Gasteiger partial charge on any atom is -0.497 e. The normalized spacial score (nSPS) is 21.5. The maximum absolute atomic E-state index is 11.6. The predicted octanol–water partition coefficient (Wildman–Crippen LogP) is 3.48. The Balaban J connectivity index is 2.25. The van der Waals surface area contributed by atoms with Gasteiger partial charge in [0.1, 0.15) is 11.8 Å². The molecule has 0 radical (unpaired) electrons. The molecule has 1 aromatic rings. The van der Waals surface area contributed by atoms with Gasteiger partial charge in [0.2, 0.25) is 0 Å². The molecule has 0 aliphatic carbocycles. The van der Waals surface area contributed by atoms with Crippen molar-refractivity contribution in [2.45, 2.75) is 51.1 Å². The lowest BCUT2D eigenvalue weighted by Crippen LogP contribution is -2.42. The number of methoxy groups -OCH3 is 1. The maximum Gasteiger partial charge on any atom is 0.320 e. The summed E-state index contributed by atoms with van der Waals surface area (Å²) in [5.74, 6) is 0.142. The van der Waals surface area contributed by atoms with E-state index >= 15 is 0 Å². The Morgan fingerprint density at radius 2 is 2.05 bits per heavy atom. The molecule has 4 nitrogen and oxygen atoms in total. The van der Waals surface area contributed by atoms with Crippen LogP contribution in [-0.4, -0.2) is 35.7 Å². The van der Waals surface area contributed by atoms with Crippen molar-refractivity contribution in [2.75, 3.05) is 13.7 Å². The van der Waals surface area contributed by atoms with Crippen LogP contribution in [0.15, 0.2) is 24.3 Å². The molecule has 0 spiro atoms. The summed E-state index contributed by atoms with van der Waals surface area (Å²) >= 11 is 0. The fourth-order valence-electron chi connectivity index (χ4n) is 3.26. The number of hydrogen-bond acceptors (Lipinski definition) is 3. The van der Waals surface area contributed by atoms with Crippen LogP contribution in [0.5, 0.6) is 5.75 Å². The van der Waals surface area contributed by atoms with E-state index in [9.17, 15) is 9.90 Å². The number of hydrogen-bond donors (Lipinski definition) is 1. The molecule has 1 aromatic carbocycles. The molecule has 2 rings (SSSR count). The van der Waals surface area contributed by atoms with Crippen LogP contribution in [0.1, 0.15) is 50.6 Å². The molecule has 0 amide bonds. The average Bonchev–Trinajstić information content (AvgIpc) is 2.75. The first-order valence-corrected chi connectivity index (χ1v) is 7.80. The Hall–Kier alpha value is -1.55. The third-order valence-corrected chi connectivity index (χ3v) is 4.37. The van der Waals surface area contributed by atoms with E-state index in [1.807, 2.05) is 12.1 Å². The second-order valence-corrected chi connectivity index (χ2v) is 5.64. The highest BCUT2D eigenvalue weighted by atomic mass is 16.5. The first-order valence-electron chi connectivity index (χ1n) is 7.80. The fourth-order valence-corrected chi connectivity index (χ4v) is 3.26. The number of ether oxygens (including phenoxy) is 1. The van der Waals surface area contributed by atoms with Gasteiger partial charge in [-0.25, -0.2) is 0 Å². The number of carboxylic acids is 1. The molecular weight excluding hydrogens is 266 g/mol. The van der Waals surface area contributed by atoms with Gasteiger partial charge in [-0.2, -0.15) is 0 Å². The second-order valence-electron chi connectivity index (χ2n) is 5.64. The van der Waals surface area contributed by atoms with Crippen LogP contribution in [0, 0.1) is 0 Å². The van der Waals surface area contributed by atoms with E-state index in [0.717, 1.165) is 44.4 Å². The van der Waals surface area contributed by atoms with E-state index in [1.54, 1.807) is 7.11 Å². The molecule has 4 heteroatoms. The SMILES string of the molecule is CCC(c1ccc(OC)cc1)N1CCCCCC1C(=O)O. The minimum atomic E-state index is -0.691. The van der Waals surface area contributed by atoms with Crippen LogP contribution in [0.3, 0.4) is 0 Å². The summed E-state index contributed by atoms with van der Waals surface area (Å²) in [7, 11) is 1.65. The number of likely N-dealkylation sites (tertiary alicyclic amines) is 1. The van der Waals surface area contributed by atoms with Gasteiger partial charge in [0.15, 0.2) is 0 Å². The molecule has 1 heterocycles. The number of nitrogens with zero attached hydrogens (tertiary/aromatic N) is 1. The second kappa shape index (κ2) is 7.46. The van der Waals surface area contributed by atoms with E-state index < -0.39 is 5.97 Å². The van der Waals surface area contributed by atoms with Crippen LogP contribution in [0.2, 0.25) is 0 Å². The van der Waals surface area contributed by atoms with Crippen molar-refractivity contribution in [3.8, 4) is 5.75 Å². The van der Waals surface area contributed by atoms with Gasteiger partial charge >= 0.3 is 5.97 Å². The molecule has 0 bridgehead atoms. The van der Waals surface area contributed by atoms with E-state index in [1.165, 1.54) is 5.56 Å². The topological polar surface area (TPSA) is 49.8 Å². The van der Waals surface area contributed by atoms with Crippen LogP contribution in [0.4, 0.5) is 0 Å². The lowest BCUT2D eigenvalue weighted by Gasteiger charge is -2.34. The van der Waals surface area contributed by atoms with Gasteiger partial charge < -0.3 is 9.84 Å². The standard InChI is InChI=1S/C17H25NO3/c1-3-15(13-8-10-14(21-2)11-9-13)18-12-6-4-5-7-16(18)17(19)20/h8-11,15-16H,3-7,12H2,1-2H3,(H,19,20). The van der Waals surface area contributed by atoms with Crippen molar-refractivity contribution in [3.63, 3.8) is 0 Å². The number of aliphatic carboxylic acids is 1. The monoisotopic (exact) mass is 291 g/mol. The Kier molecular flexibility index (Phi) is 5.62.